The SMILES string of the molecule is Cn1cc(C(=O)O)nc1COc1cccc(F)c1. The number of aryl methyl sites for hydroxylation is 1. The van der Waals surface area contributed by atoms with E-state index in [9.17, 15) is 9.18 Å². The maximum absolute atomic E-state index is 12.9. The molecular formula is C12H11FN2O3. The minimum atomic E-state index is -1.09. The number of aromatic nitrogens is 2. The van der Waals surface area contributed by atoms with Gasteiger partial charge in [-0.1, -0.05) is 6.07 Å². The summed E-state index contributed by atoms with van der Waals surface area (Å²) in [5.41, 5.74) is -0.0460. The van der Waals surface area contributed by atoms with Crippen LogP contribution in [0.2, 0.25) is 0 Å². The van der Waals surface area contributed by atoms with Crippen LogP contribution in [0.1, 0.15) is 16.3 Å². The molecule has 0 radical (unpaired) electrons. The number of rotatable bonds is 4. The lowest BCUT2D eigenvalue weighted by molar-refractivity contribution is 0.0690. The van der Waals surface area contributed by atoms with Crippen molar-refractivity contribution in [2.24, 2.45) is 7.05 Å². The van der Waals surface area contributed by atoms with Crippen LogP contribution in [0.4, 0.5) is 4.39 Å². The second kappa shape index (κ2) is 4.87. The molecule has 0 spiro atoms. The van der Waals surface area contributed by atoms with Crippen molar-refractivity contribution in [3.8, 4) is 5.75 Å². The van der Waals surface area contributed by atoms with E-state index in [0.717, 1.165) is 0 Å². The lowest BCUT2D eigenvalue weighted by atomic mass is 10.3. The number of hydrogen-bond acceptors (Lipinski definition) is 3. The number of hydrogen-bond donors (Lipinski definition) is 1. The molecule has 1 heterocycles. The fraction of sp³-hybridized carbons (Fsp3) is 0.167. The highest BCUT2D eigenvalue weighted by atomic mass is 19.1. The third kappa shape index (κ3) is 2.65. The summed E-state index contributed by atoms with van der Waals surface area (Å²) in [5.74, 6) is -0.660. The van der Waals surface area contributed by atoms with Gasteiger partial charge in [-0.05, 0) is 12.1 Å². The van der Waals surface area contributed by atoms with Crippen molar-refractivity contribution in [3.05, 3.63) is 47.8 Å². The largest absolute Gasteiger partial charge is 0.486 e. The molecule has 1 N–H and O–H groups in total. The van der Waals surface area contributed by atoms with E-state index in [2.05, 4.69) is 4.98 Å². The number of ether oxygens (including phenoxy) is 1. The smallest absolute Gasteiger partial charge is 0.356 e. The van der Waals surface area contributed by atoms with E-state index in [1.807, 2.05) is 0 Å². The fourth-order valence-corrected chi connectivity index (χ4v) is 1.45. The van der Waals surface area contributed by atoms with Crippen LogP contribution in [-0.4, -0.2) is 20.6 Å². The van der Waals surface area contributed by atoms with Crippen molar-refractivity contribution >= 4 is 5.97 Å². The molecular weight excluding hydrogens is 239 g/mol. The molecule has 0 bridgehead atoms. The summed E-state index contributed by atoms with van der Waals surface area (Å²) >= 11 is 0. The lowest BCUT2D eigenvalue weighted by Gasteiger charge is -2.05. The standard InChI is InChI=1S/C12H11FN2O3/c1-15-6-10(12(16)17)14-11(15)7-18-9-4-2-3-8(13)5-9/h2-6H,7H2,1H3,(H,16,17). The number of benzene rings is 1. The van der Waals surface area contributed by atoms with Crippen molar-refractivity contribution in [2.45, 2.75) is 6.61 Å². The molecule has 0 unspecified atom stereocenters. The van der Waals surface area contributed by atoms with Crippen LogP contribution >= 0.6 is 0 Å². The predicted molar refractivity (Wildman–Crippen MR) is 60.9 cm³/mol. The topological polar surface area (TPSA) is 64.4 Å². The average Bonchev–Trinajstić information content (AvgIpc) is 2.68. The van der Waals surface area contributed by atoms with Crippen molar-refractivity contribution in [3.63, 3.8) is 0 Å². The first-order valence-corrected chi connectivity index (χ1v) is 5.20. The van der Waals surface area contributed by atoms with Gasteiger partial charge in [-0.25, -0.2) is 14.2 Å². The van der Waals surface area contributed by atoms with E-state index in [4.69, 9.17) is 9.84 Å². The van der Waals surface area contributed by atoms with Gasteiger partial charge >= 0.3 is 5.97 Å². The van der Waals surface area contributed by atoms with Gasteiger partial charge in [-0.15, -0.1) is 0 Å². The third-order valence-electron chi connectivity index (χ3n) is 2.36. The normalized spacial score (nSPS) is 10.3. The van der Waals surface area contributed by atoms with Gasteiger partial charge in [0.1, 0.15) is 24.0 Å². The van der Waals surface area contributed by atoms with Crippen LogP contribution in [0.5, 0.6) is 5.75 Å². The van der Waals surface area contributed by atoms with Crippen molar-refractivity contribution < 1.29 is 19.0 Å². The number of carboxylic acid groups (broad SMARTS) is 1. The first-order valence-electron chi connectivity index (χ1n) is 5.20. The molecule has 5 nitrogen and oxygen atoms in total. The Hall–Kier alpha value is -2.37. The zero-order chi connectivity index (χ0) is 13.1. The Bertz CT molecular complexity index is 580. The van der Waals surface area contributed by atoms with Gasteiger partial charge in [0.2, 0.25) is 0 Å². The first kappa shape index (κ1) is 12.1. The summed E-state index contributed by atoms with van der Waals surface area (Å²) < 4.78 is 19.8. The molecule has 2 rings (SSSR count). The summed E-state index contributed by atoms with van der Waals surface area (Å²) in [6, 6.07) is 5.72. The average molecular weight is 250 g/mol. The highest BCUT2D eigenvalue weighted by molar-refractivity contribution is 5.85. The Kier molecular flexibility index (Phi) is 3.27. The van der Waals surface area contributed by atoms with Crippen LogP contribution < -0.4 is 4.74 Å². The van der Waals surface area contributed by atoms with Crippen LogP contribution in [0.25, 0.3) is 0 Å². The summed E-state index contributed by atoms with van der Waals surface area (Å²) in [6.45, 7) is 0.0766. The number of carboxylic acids is 1. The van der Waals surface area contributed by atoms with E-state index < -0.39 is 11.8 Å². The van der Waals surface area contributed by atoms with E-state index in [1.54, 1.807) is 17.7 Å². The maximum atomic E-state index is 12.9. The van der Waals surface area contributed by atoms with E-state index in [0.29, 0.717) is 11.6 Å². The van der Waals surface area contributed by atoms with Gasteiger partial charge in [-0.2, -0.15) is 0 Å². The molecule has 0 amide bonds. The quantitative estimate of drug-likeness (QED) is 0.899. The highest BCUT2D eigenvalue weighted by Gasteiger charge is 2.11. The van der Waals surface area contributed by atoms with Gasteiger partial charge in [0.25, 0.3) is 0 Å². The number of aromatic carboxylic acids is 1. The minimum Gasteiger partial charge on any atom is -0.486 e. The molecule has 18 heavy (non-hydrogen) atoms. The van der Waals surface area contributed by atoms with Gasteiger partial charge in [-0.3, -0.25) is 0 Å². The number of imidazole rings is 1. The third-order valence-corrected chi connectivity index (χ3v) is 2.36. The summed E-state index contributed by atoms with van der Waals surface area (Å²) in [7, 11) is 1.67. The Morgan fingerprint density at radius 1 is 1.56 bits per heavy atom. The predicted octanol–water partition coefficient (Wildman–Crippen LogP) is 1.84. The van der Waals surface area contributed by atoms with E-state index in [-0.39, 0.29) is 12.3 Å². The zero-order valence-corrected chi connectivity index (χ0v) is 9.63. The second-order valence-corrected chi connectivity index (χ2v) is 3.70. The molecule has 0 aliphatic heterocycles. The second-order valence-electron chi connectivity index (χ2n) is 3.70. The summed E-state index contributed by atoms with van der Waals surface area (Å²) in [6.07, 6.45) is 1.40. The van der Waals surface area contributed by atoms with Crippen LogP contribution in [0, 0.1) is 5.82 Å². The Morgan fingerprint density at radius 2 is 2.33 bits per heavy atom. The van der Waals surface area contributed by atoms with E-state index in [1.165, 1.54) is 24.4 Å². The zero-order valence-electron chi connectivity index (χ0n) is 9.63. The Morgan fingerprint density at radius 3 is 2.94 bits per heavy atom. The molecule has 1 aromatic heterocycles. The van der Waals surface area contributed by atoms with Crippen LogP contribution in [-0.2, 0) is 13.7 Å². The highest BCUT2D eigenvalue weighted by Crippen LogP contribution is 2.14. The van der Waals surface area contributed by atoms with Gasteiger partial charge in [0, 0.05) is 19.3 Å². The Labute approximate surface area is 102 Å². The molecule has 0 aliphatic rings. The fourth-order valence-electron chi connectivity index (χ4n) is 1.45. The molecule has 1 aromatic carbocycles. The Balaban J connectivity index is 2.08. The molecule has 6 heteroatoms. The molecule has 0 saturated carbocycles. The molecule has 0 saturated heterocycles. The van der Waals surface area contributed by atoms with E-state index >= 15 is 0 Å². The number of carbonyl (C=O) groups is 1. The minimum absolute atomic E-state index is 0.0460. The molecule has 0 fully saturated rings. The van der Waals surface area contributed by atoms with Crippen LogP contribution in [0.15, 0.2) is 30.5 Å². The van der Waals surface area contributed by atoms with Crippen molar-refractivity contribution in [1.82, 2.24) is 9.55 Å². The summed E-state index contributed by atoms with van der Waals surface area (Å²) in [4.78, 5) is 14.6. The lowest BCUT2D eigenvalue weighted by Crippen LogP contribution is -2.03. The van der Waals surface area contributed by atoms with Gasteiger partial charge < -0.3 is 14.4 Å². The van der Waals surface area contributed by atoms with Gasteiger partial charge in [0.15, 0.2) is 5.69 Å². The molecule has 0 aliphatic carbocycles. The number of nitrogens with zero attached hydrogens (tertiary/aromatic N) is 2. The first-order chi connectivity index (χ1) is 8.56. The molecule has 94 valence electrons. The monoisotopic (exact) mass is 250 g/mol. The van der Waals surface area contributed by atoms with Gasteiger partial charge in [0.05, 0.1) is 0 Å². The summed E-state index contributed by atoms with van der Waals surface area (Å²) in [5, 5.41) is 8.78. The maximum Gasteiger partial charge on any atom is 0.356 e. The number of halogens is 1. The van der Waals surface area contributed by atoms with Crippen molar-refractivity contribution in [1.29, 1.82) is 0 Å². The molecule has 2 aromatic rings. The van der Waals surface area contributed by atoms with Crippen molar-refractivity contribution in [2.75, 3.05) is 0 Å². The van der Waals surface area contributed by atoms with Crippen LogP contribution in [0.3, 0.4) is 0 Å². The molecule has 0 atom stereocenters.